The molecule has 1 saturated heterocycles. The van der Waals surface area contributed by atoms with Crippen LogP contribution < -0.4 is 4.90 Å². The van der Waals surface area contributed by atoms with Crippen LogP contribution >= 0.6 is 0 Å². The van der Waals surface area contributed by atoms with E-state index in [-0.39, 0.29) is 30.2 Å². The second-order valence-corrected chi connectivity index (χ2v) is 8.37. The summed E-state index contributed by atoms with van der Waals surface area (Å²) in [4.78, 5) is 42.3. The van der Waals surface area contributed by atoms with Crippen molar-refractivity contribution in [3.63, 3.8) is 0 Å². The Morgan fingerprint density at radius 1 is 1.10 bits per heavy atom. The van der Waals surface area contributed by atoms with Gasteiger partial charge in [0.15, 0.2) is 0 Å². The van der Waals surface area contributed by atoms with E-state index in [0.29, 0.717) is 23.6 Å². The van der Waals surface area contributed by atoms with Crippen LogP contribution in [0, 0.1) is 6.92 Å². The van der Waals surface area contributed by atoms with Crippen LogP contribution in [0.1, 0.15) is 67.9 Å². The molecule has 158 valence electrons. The standard InChI is InChI=1S/C25H30N2O3/c1-6-18(5)26(24(29)20-9-7-8-17(4)14-20)22-15-23(28)27(25(22)30)21-12-10-19(11-13-21)16(2)3/h7-14,16,18,22H,6,15H2,1-5H3. The molecule has 0 saturated carbocycles. The lowest BCUT2D eigenvalue weighted by molar-refractivity contribution is -0.122. The predicted molar refractivity (Wildman–Crippen MR) is 119 cm³/mol. The van der Waals surface area contributed by atoms with Crippen LogP contribution in [0.15, 0.2) is 48.5 Å². The van der Waals surface area contributed by atoms with E-state index in [0.717, 1.165) is 11.1 Å². The monoisotopic (exact) mass is 406 g/mol. The van der Waals surface area contributed by atoms with Gasteiger partial charge in [0.2, 0.25) is 5.91 Å². The van der Waals surface area contributed by atoms with E-state index >= 15 is 0 Å². The summed E-state index contributed by atoms with van der Waals surface area (Å²) >= 11 is 0. The minimum Gasteiger partial charge on any atom is -0.323 e. The molecule has 0 bridgehead atoms. The van der Waals surface area contributed by atoms with Crippen molar-refractivity contribution in [3.8, 4) is 0 Å². The van der Waals surface area contributed by atoms with E-state index in [4.69, 9.17) is 0 Å². The fourth-order valence-electron chi connectivity index (χ4n) is 3.89. The number of anilines is 1. The lowest BCUT2D eigenvalue weighted by Gasteiger charge is -2.33. The minimum absolute atomic E-state index is 0.00661. The summed E-state index contributed by atoms with van der Waals surface area (Å²) in [5, 5.41) is 0. The van der Waals surface area contributed by atoms with E-state index in [2.05, 4.69) is 13.8 Å². The average molecular weight is 407 g/mol. The molecule has 3 rings (SSSR count). The second kappa shape index (κ2) is 8.82. The smallest absolute Gasteiger partial charge is 0.257 e. The summed E-state index contributed by atoms with van der Waals surface area (Å²) in [5.41, 5.74) is 3.22. The van der Waals surface area contributed by atoms with Crippen molar-refractivity contribution >= 4 is 23.4 Å². The van der Waals surface area contributed by atoms with Gasteiger partial charge in [-0.15, -0.1) is 0 Å². The third-order valence-electron chi connectivity index (χ3n) is 5.84. The SMILES string of the molecule is CCC(C)N(C(=O)c1cccc(C)c1)C1CC(=O)N(c2ccc(C(C)C)cc2)C1=O. The molecule has 0 spiro atoms. The maximum atomic E-state index is 13.3. The van der Waals surface area contributed by atoms with E-state index in [1.165, 1.54) is 4.90 Å². The Kier molecular flexibility index (Phi) is 6.40. The van der Waals surface area contributed by atoms with Crippen molar-refractivity contribution in [3.05, 3.63) is 65.2 Å². The molecular formula is C25H30N2O3. The zero-order chi connectivity index (χ0) is 22.0. The van der Waals surface area contributed by atoms with Crippen molar-refractivity contribution in [1.29, 1.82) is 0 Å². The third-order valence-corrected chi connectivity index (χ3v) is 5.84. The highest BCUT2D eigenvalue weighted by atomic mass is 16.2. The molecule has 30 heavy (non-hydrogen) atoms. The molecule has 0 N–H and O–H groups in total. The summed E-state index contributed by atoms with van der Waals surface area (Å²) in [6.45, 7) is 10.0. The first-order valence-corrected chi connectivity index (χ1v) is 10.6. The Morgan fingerprint density at radius 2 is 1.77 bits per heavy atom. The van der Waals surface area contributed by atoms with Crippen molar-refractivity contribution in [2.75, 3.05) is 4.90 Å². The zero-order valence-corrected chi connectivity index (χ0v) is 18.4. The molecular weight excluding hydrogens is 376 g/mol. The molecule has 2 atom stereocenters. The first kappa shape index (κ1) is 21.8. The van der Waals surface area contributed by atoms with E-state index < -0.39 is 6.04 Å². The number of hydrogen-bond acceptors (Lipinski definition) is 3. The molecule has 2 aromatic carbocycles. The van der Waals surface area contributed by atoms with Crippen LogP contribution in [0.2, 0.25) is 0 Å². The molecule has 1 aliphatic heterocycles. The van der Waals surface area contributed by atoms with Gasteiger partial charge in [0, 0.05) is 11.6 Å². The van der Waals surface area contributed by atoms with Gasteiger partial charge in [0.05, 0.1) is 12.1 Å². The van der Waals surface area contributed by atoms with Gasteiger partial charge in [-0.1, -0.05) is 50.6 Å². The topological polar surface area (TPSA) is 57.7 Å². The van der Waals surface area contributed by atoms with Crippen LogP contribution in [0.4, 0.5) is 5.69 Å². The molecule has 2 unspecified atom stereocenters. The molecule has 1 fully saturated rings. The minimum atomic E-state index is -0.787. The maximum Gasteiger partial charge on any atom is 0.257 e. The summed E-state index contributed by atoms with van der Waals surface area (Å²) in [6.07, 6.45) is 0.700. The number of aryl methyl sites for hydroxylation is 1. The van der Waals surface area contributed by atoms with Crippen molar-refractivity contribution < 1.29 is 14.4 Å². The van der Waals surface area contributed by atoms with Gasteiger partial charge in [0.1, 0.15) is 6.04 Å². The lowest BCUT2D eigenvalue weighted by atomic mass is 10.0. The first-order chi connectivity index (χ1) is 14.2. The Hall–Kier alpha value is -2.95. The summed E-state index contributed by atoms with van der Waals surface area (Å²) in [5.74, 6) is -0.452. The highest BCUT2D eigenvalue weighted by molar-refractivity contribution is 6.23. The number of rotatable bonds is 6. The van der Waals surface area contributed by atoms with E-state index in [1.807, 2.05) is 63.2 Å². The van der Waals surface area contributed by atoms with Crippen LogP contribution in [0.5, 0.6) is 0 Å². The average Bonchev–Trinajstić information content (AvgIpc) is 3.01. The van der Waals surface area contributed by atoms with Crippen molar-refractivity contribution in [2.45, 2.75) is 65.5 Å². The molecule has 3 amide bonds. The van der Waals surface area contributed by atoms with Gasteiger partial charge in [-0.25, -0.2) is 4.90 Å². The fraction of sp³-hybridized carbons (Fsp3) is 0.400. The summed E-state index contributed by atoms with van der Waals surface area (Å²) in [6, 6.07) is 13.9. The van der Waals surface area contributed by atoms with Crippen LogP contribution in [0.3, 0.4) is 0 Å². The molecule has 1 heterocycles. The molecule has 0 aliphatic carbocycles. The molecule has 0 aromatic heterocycles. The van der Waals surface area contributed by atoms with Gasteiger partial charge in [0.25, 0.3) is 11.8 Å². The molecule has 5 heteroatoms. The number of amides is 3. The van der Waals surface area contributed by atoms with Gasteiger partial charge in [-0.05, 0) is 56.0 Å². The number of nitrogens with zero attached hydrogens (tertiary/aromatic N) is 2. The third kappa shape index (κ3) is 4.16. The normalized spacial score (nSPS) is 17.5. The van der Waals surface area contributed by atoms with Gasteiger partial charge < -0.3 is 4.90 Å². The number of carbonyl (C=O) groups is 3. The van der Waals surface area contributed by atoms with E-state index in [9.17, 15) is 14.4 Å². The molecule has 1 aliphatic rings. The van der Waals surface area contributed by atoms with Gasteiger partial charge >= 0.3 is 0 Å². The Bertz CT molecular complexity index is 949. The van der Waals surface area contributed by atoms with Gasteiger partial charge in [-0.2, -0.15) is 0 Å². The number of imide groups is 1. The Labute approximate surface area is 178 Å². The zero-order valence-electron chi connectivity index (χ0n) is 18.4. The van der Waals surface area contributed by atoms with Crippen LogP contribution in [-0.2, 0) is 9.59 Å². The molecule has 0 radical (unpaired) electrons. The molecule has 2 aromatic rings. The second-order valence-electron chi connectivity index (χ2n) is 8.37. The number of hydrogen-bond donors (Lipinski definition) is 0. The lowest BCUT2D eigenvalue weighted by Crippen LogP contribution is -2.49. The fourth-order valence-corrected chi connectivity index (χ4v) is 3.89. The quantitative estimate of drug-likeness (QED) is 0.654. The summed E-state index contributed by atoms with van der Waals surface area (Å²) < 4.78 is 0. The van der Waals surface area contributed by atoms with Crippen LogP contribution in [-0.4, -0.2) is 34.7 Å². The largest absolute Gasteiger partial charge is 0.323 e. The number of benzene rings is 2. The molecule has 5 nitrogen and oxygen atoms in total. The van der Waals surface area contributed by atoms with Crippen LogP contribution in [0.25, 0.3) is 0 Å². The van der Waals surface area contributed by atoms with Crippen molar-refractivity contribution in [1.82, 2.24) is 4.90 Å². The highest BCUT2D eigenvalue weighted by Gasteiger charge is 2.45. The Morgan fingerprint density at radius 3 is 2.33 bits per heavy atom. The highest BCUT2D eigenvalue weighted by Crippen LogP contribution is 2.29. The predicted octanol–water partition coefficient (Wildman–Crippen LogP) is 4.69. The maximum absolute atomic E-state index is 13.3. The first-order valence-electron chi connectivity index (χ1n) is 10.6. The van der Waals surface area contributed by atoms with E-state index in [1.54, 1.807) is 11.0 Å². The van der Waals surface area contributed by atoms with Gasteiger partial charge in [-0.3, -0.25) is 14.4 Å². The number of carbonyl (C=O) groups excluding carboxylic acids is 3. The van der Waals surface area contributed by atoms with Crippen molar-refractivity contribution in [2.24, 2.45) is 0 Å². The summed E-state index contributed by atoms with van der Waals surface area (Å²) in [7, 11) is 0. The Balaban J connectivity index is 1.92.